The number of β-lactam (4-membered cyclic amide) rings is 1. The zero-order chi connectivity index (χ0) is 25.4. The SMILES string of the molecule is C[C@@H](O)C1C(=O)N2C(C(=O)O)=C(S[C@H]3CNC(c4ccc(CNC(=O)CNC(N)=O)s4)C3)[C@H](C)[C@H]12. The molecular formula is C22H29N5O6S2. The highest BCUT2D eigenvalue weighted by Crippen LogP contribution is 2.52. The smallest absolute Gasteiger partial charge is 0.353 e. The lowest BCUT2D eigenvalue weighted by Gasteiger charge is -2.46. The molecule has 7 N–H and O–H groups in total. The summed E-state index contributed by atoms with van der Waals surface area (Å²) in [6.07, 6.45) is -0.0264. The number of carbonyl (C=O) groups is 4. The number of urea groups is 1. The summed E-state index contributed by atoms with van der Waals surface area (Å²) in [5.74, 6) is -2.48. The third kappa shape index (κ3) is 5.03. The zero-order valence-corrected chi connectivity index (χ0v) is 20.9. The molecule has 0 aromatic carbocycles. The summed E-state index contributed by atoms with van der Waals surface area (Å²) in [5, 5.41) is 28.4. The molecule has 4 amide bonds. The van der Waals surface area contributed by atoms with Gasteiger partial charge in [0.05, 0.1) is 31.2 Å². The van der Waals surface area contributed by atoms with Crippen molar-refractivity contribution in [1.82, 2.24) is 20.9 Å². The Morgan fingerprint density at radius 1 is 1.34 bits per heavy atom. The number of aliphatic hydroxyl groups excluding tert-OH is 1. The lowest BCUT2D eigenvalue weighted by atomic mass is 9.79. The van der Waals surface area contributed by atoms with E-state index in [-0.39, 0.29) is 47.3 Å². The third-order valence-electron chi connectivity index (χ3n) is 6.60. The van der Waals surface area contributed by atoms with Crippen molar-refractivity contribution >= 4 is 46.9 Å². The van der Waals surface area contributed by atoms with Crippen LogP contribution in [0.25, 0.3) is 0 Å². The number of fused-ring (bicyclic) bond motifs is 1. The van der Waals surface area contributed by atoms with E-state index >= 15 is 0 Å². The van der Waals surface area contributed by atoms with Gasteiger partial charge in [0.25, 0.3) is 0 Å². The summed E-state index contributed by atoms with van der Waals surface area (Å²) in [5.41, 5.74) is 5.01. The van der Waals surface area contributed by atoms with Crippen LogP contribution in [-0.2, 0) is 20.9 Å². The predicted molar refractivity (Wildman–Crippen MR) is 130 cm³/mol. The molecule has 4 rings (SSSR count). The van der Waals surface area contributed by atoms with Crippen molar-refractivity contribution < 1.29 is 29.4 Å². The van der Waals surface area contributed by atoms with Gasteiger partial charge in [0.1, 0.15) is 5.70 Å². The lowest BCUT2D eigenvalue weighted by molar-refractivity contribution is -0.163. The Kier molecular flexibility index (Phi) is 7.40. The number of thiophene rings is 1. The molecule has 13 heteroatoms. The number of amides is 4. The van der Waals surface area contributed by atoms with Crippen LogP contribution in [0.4, 0.5) is 4.79 Å². The normalized spacial score (nSPS) is 28.5. The molecule has 1 aromatic heterocycles. The summed E-state index contributed by atoms with van der Waals surface area (Å²) in [4.78, 5) is 51.1. The highest BCUT2D eigenvalue weighted by atomic mass is 32.2. The van der Waals surface area contributed by atoms with Gasteiger partial charge in [-0.25, -0.2) is 9.59 Å². The van der Waals surface area contributed by atoms with Crippen molar-refractivity contribution in [3.63, 3.8) is 0 Å². The number of rotatable bonds is 9. The molecule has 2 saturated heterocycles. The van der Waals surface area contributed by atoms with Gasteiger partial charge >= 0.3 is 12.0 Å². The minimum Gasteiger partial charge on any atom is -0.477 e. The molecule has 190 valence electrons. The van der Waals surface area contributed by atoms with E-state index in [1.807, 2.05) is 19.1 Å². The summed E-state index contributed by atoms with van der Waals surface area (Å²) in [6, 6.07) is 3.00. The van der Waals surface area contributed by atoms with Gasteiger partial charge in [-0.3, -0.25) is 9.59 Å². The van der Waals surface area contributed by atoms with Crippen LogP contribution in [0.1, 0.15) is 36.1 Å². The van der Waals surface area contributed by atoms with Crippen LogP contribution in [0.15, 0.2) is 22.7 Å². The molecule has 3 aliphatic rings. The number of primary amides is 1. The van der Waals surface area contributed by atoms with Crippen LogP contribution < -0.4 is 21.7 Å². The van der Waals surface area contributed by atoms with E-state index in [1.54, 1.807) is 18.3 Å². The second kappa shape index (κ2) is 10.2. The van der Waals surface area contributed by atoms with Gasteiger partial charge in [-0.1, -0.05) is 6.92 Å². The molecule has 0 spiro atoms. The third-order valence-corrected chi connectivity index (χ3v) is 9.31. The van der Waals surface area contributed by atoms with Crippen molar-refractivity contribution in [2.75, 3.05) is 13.1 Å². The number of nitrogens with two attached hydrogens (primary N) is 1. The number of nitrogens with zero attached hydrogens (tertiary/aromatic N) is 1. The van der Waals surface area contributed by atoms with E-state index in [4.69, 9.17) is 5.73 Å². The van der Waals surface area contributed by atoms with Crippen molar-refractivity contribution in [2.45, 2.75) is 50.3 Å². The molecular weight excluding hydrogens is 494 g/mol. The van der Waals surface area contributed by atoms with Crippen LogP contribution in [0.2, 0.25) is 0 Å². The molecule has 0 aliphatic carbocycles. The van der Waals surface area contributed by atoms with Crippen molar-refractivity contribution in [3.8, 4) is 0 Å². The number of thioether (sulfide) groups is 1. The molecule has 2 fully saturated rings. The Morgan fingerprint density at radius 2 is 2.09 bits per heavy atom. The second-order valence-electron chi connectivity index (χ2n) is 9.01. The monoisotopic (exact) mass is 523 g/mol. The van der Waals surface area contributed by atoms with Gasteiger partial charge in [-0.2, -0.15) is 0 Å². The number of carboxylic acids is 1. The highest BCUT2D eigenvalue weighted by Gasteiger charge is 2.60. The second-order valence-corrected chi connectivity index (χ2v) is 11.5. The van der Waals surface area contributed by atoms with Gasteiger partial charge in [-0.05, 0) is 25.5 Å². The Hall–Kier alpha value is -2.61. The Balaban J connectivity index is 1.36. The average Bonchev–Trinajstić information content (AvgIpc) is 3.49. The van der Waals surface area contributed by atoms with Crippen LogP contribution in [0.3, 0.4) is 0 Å². The van der Waals surface area contributed by atoms with Gasteiger partial charge in [-0.15, -0.1) is 23.1 Å². The minimum atomic E-state index is -1.11. The van der Waals surface area contributed by atoms with Crippen LogP contribution in [-0.4, -0.2) is 69.4 Å². The van der Waals surface area contributed by atoms with E-state index < -0.39 is 24.0 Å². The number of carboxylic acid groups (broad SMARTS) is 1. The predicted octanol–water partition coefficient (Wildman–Crippen LogP) is 0.322. The summed E-state index contributed by atoms with van der Waals surface area (Å²) in [7, 11) is 0. The van der Waals surface area contributed by atoms with Crippen molar-refractivity contribution in [1.29, 1.82) is 0 Å². The number of carbonyl (C=O) groups excluding carboxylic acids is 3. The number of aliphatic hydroxyl groups is 1. The van der Waals surface area contributed by atoms with Crippen LogP contribution >= 0.6 is 23.1 Å². The Bertz CT molecular complexity index is 1070. The van der Waals surface area contributed by atoms with Gasteiger partial charge < -0.3 is 36.8 Å². The van der Waals surface area contributed by atoms with Crippen molar-refractivity contribution in [3.05, 3.63) is 32.5 Å². The van der Waals surface area contributed by atoms with E-state index in [9.17, 15) is 29.4 Å². The quantitative estimate of drug-likeness (QED) is 0.251. The molecule has 6 atom stereocenters. The molecule has 11 nitrogen and oxygen atoms in total. The molecule has 0 bridgehead atoms. The molecule has 3 aliphatic heterocycles. The molecule has 4 heterocycles. The number of aliphatic carboxylic acids is 1. The molecule has 35 heavy (non-hydrogen) atoms. The van der Waals surface area contributed by atoms with Gasteiger partial charge in [0, 0.05) is 38.4 Å². The van der Waals surface area contributed by atoms with Crippen LogP contribution in [0, 0.1) is 11.8 Å². The van der Waals surface area contributed by atoms with E-state index in [0.717, 1.165) is 16.2 Å². The first kappa shape index (κ1) is 25.5. The van der Waals surface area contributed by atoms with Gasteiger partial charge in [0.15, 0.2) is 0 Å². The van der Waals surface area contributed by atoms with E-state index in [1.165, 1.54) is 16.7 Å². The number of hydrogen-bond acceptors (Lipinski definition) is 8. The maximum Gasteiger partial charge on any atom is 0.353 e. The first-order chi connectivity index (χ1) is 16.6. The Labute approximate surface area is 210 Å². The summed E-state index contributed by atoms with van der Waals surface area (Å²) < 4.78 is 0. The lowest BCUT2D eigenvalue weighted by Crippen LogP contribution is -2.63. The maximum atomic E-state index is 12.5. The molecule has 0 radical (unpaired) electrons. The highest BCUT2D eigenvalue weighted by molar-refractivity contribution is 8.03. The first-order valence-electron chi connectivity index (χ1n) is 11.4. The average molecular weight is 524 g/mol. The van der Waals surface area contributed by atoms with Gasteiger partial charge in [0.2, 0.25) is 11.8 Å². The fourth-order valence-corrected chi connectivity index (χ4v) is 7.48. The summed E-state index contributed by atoms with van der Waals surface area (Å²) >= 11 is 3.09. The topological polar surface area (TPSA) is 174 Å². The fourth-order valence-electron chi connectivity index (χ4n) is 4.96. The number of nitrogens with one attached hydrogen (secondary N) is 3. The minimum absolute atomic E-state index is 0.0535. The standard InChI is InChI=1S/C22H29N5O6S2/c1-9-17-16(10(2)28)20(30)27(17)18(21(31)32)19(9)35-12-5-13(24-7-12)14-4-3-11(34-14)6-25-15(29)8-26-22(23)33/h3-4,9-10,12-13,16-17,24,28H,5-8H2,1-2H3,(H,25,29)(H,31,32)(H3,23,26,33)/t9-,10-,12-,13?,16?,17-/m1/s1. The first-order valence-corrected chi connectivity index (χ1v) is 13.0. The fraction of sp³-hybridized carbons (Fsp3) is 0.545. The Morgan fingerprint density at radius 3 is 2.74 bits per heavy atom. The zero-order valence-electron chi connectivity index (χ0n) is 19.3. The van der Waals surface area contributed by atoms with Crippen molar-refractivity contribution in [2.24, 2.45) is 17.6 Å². The molecule has 1 aromatic rings. The van der Waals surface area contributed by atoms with E-state index in [2.05, 4.69) is 16.0 Å². The largest absolute Gasteiger partial charge is 0.477 e. The van der Waals surface area contributed by atoms with E-state index in [0.29, 0.717) is 18.0 Å². The summed E-state index contributed by atoms with van der Waals surface area (Å²) in [6.45, 7) is 4.36. The van der Waals surface area contributed by atoms with Crippen LogP contribution in [0.5, 0.6) is 0 Å². The molecule has 0 saturated carbocycles. The molecule has 2 unspecified atom stereocenters. The number of hydrogen-bond donors (Lipinski definition) is 6. The maximum absolute atomic E-state index is 12.5.